The van der Waals surface area contributed by atoms with Gasteiger partial charge in [0, 0.05) is 40.3 Å². The first-order valence-electron chi connectivity index (χ1n) is 19.3. The van der Waals surface area contributed by atoms with Gasteiger partial charge in [-0.05, 0) is 107 Å². The summed E-state index contributed by atoms with van der Waals surface area (Å²) in [5, 5.41) is 8.98. The van der Waals surface area contributed by atoms with Gasteiger partial charge in [-0.3, -0.25) is 0 Å². The van der Waals surface area contributed by atoms with Crippen LogP contribution < -0.4 is 10.2 Å². The summed E-state index contributed by atoms with van der Waals surface area (Å²) in [5.41, 5.74) is 14.3. The second-order valence-electron chi connectivity index (χ2n) is 14.5. The van der Waals surface area contributed by atoms with Crippen molar-refractivity contribution in [2.45, 2.75) is 45.6 Å². The largest absolute Gasteiger partial charge is 0.377 e. The molecule has 0 amide bonds. The minimum Gasteiger partial charge on any atom is -0.377 e. The molecule has 54 heavy (non-hydrogen) atoms. The molecule has 1 atom stereocenters. The molecule has 264 valence electrons. The van der Waals surface area contributed by atoms with E-state index in [1.165, 1.54) is 66.1 Å². The van der Waals surface area contributed by atoms with Gasteiger partial charge in [0.15, 0.2) is 0 Å². The summed E-state index contributed by atoms with van der Waals surface area (Å²) in [6.07, 6.45) is 15.1. The van der Waals surface area contributed by atoms with Gasteiger partial charge in [-0.15, -0.1) is 0 Å². The highest BCUT2D eigenvalue weighted by molar-refractivity contribution is 6.14. The Balaban J connectivity index is 1.36. The Kier molecular flexibility index (Phi) is 8.84. The molecule has 1 aliphatic heterocycles. The molecule has 0 saturated carbocycles. The summed E-state index contributed by atoms with van der Waals surface area (Å²) in [7, 11) is 0. The van der Waals surface area contributed by atoms with Gasteiger partial charge in [0.1, 0.15) is 0 Å². The summed E-state index contributed by atoms with van der Waals surface area (Å²) < 4.78 is 2.45. The lowest BCUT2D eigenvalue weighted by Crippen LogP contribution is -2.29. The van der Waals surface area contributed by atoms with Crippen LogP contribution in [0.1, 0.15) is 61.4 Å². The molecule has 1 aliphatic carbocycles. The van der Waals surface area contributed by atoms with Crippen molar-refractivity contribution in [1.82, 2.24) is 9.88 Å². The van der Waals surface area contributed by atoms with Crippen LogP contribution in [0.3, 0.4) is 0 Å². The number of benzene rings is 6. The number of aromatic nitrogens is 1. The van der Waals surface area contributed by atoms with Gasteiger partial charge in [-0.1, -0.05) is 135 Å². The number of nitrogens with one attached hydrogen (secondary N) is 1. The van der Waals surface area contributed by atoms with Gasteiger partial charge >= 0.3 is 0 Å². The van der Waals surface area contributed by atoms with E-state index in [1.807, 2.05) is 0 Å². The van der Waals surface area contributed by atoms with E-state index in [4.69, 9.17) is 6.58 Å². The SMILES string of the molecule is C=C1/C=C\c2ccccc2Cc2cc3c(cc2N1/C(CC)=C(/NC(C)c1ccccc1)C1=CCCC=C1)c1cc2ccccc2cc1n3-c1ccccc1. The third kappa shape index (κ3) is 6.06. The zero-order valence-corrected chi connectivity index (χ0v) is 31.1. The van der Waals surface area contributed by atoms with Crippen LogP contribution in [0.25, 0.3) is 44.3 Å². The minimum atomic E-state index is 0.101. The maximum absolute atomic E-state index is 4.82. The first kappa shape index (κ1) is 33.5. The highest BCUT2D eigenvalue weighted by Gasteiger charge is 2.26. The molecule has 7 aromatic rings. The first-order chi connectivity index (χ1) is 26.6. The van der Waals surface area contributed by atoms with E-state index in [-0.39, 0.29) is 6.04 Å². The molecule has 0 bridgehead atoms. The standard InChI is InChI=1S/C51H45N3/c1-4-47(51(39-21-10-6-11-22-39)52-36(3)37-18-8-5-9-19-37)53-35(2)28-29-38-20-14-15-23-40(38)30-43-33-50-46(34-48(43)53)45-31-41-24-16-17-25-42(41)32-49(45)54(50)44-26-12-7-13-27-44/h5,7-10,12-29,31-34,36,52H,2,4,6,11,30H2,1,3H3/b29-28-,51-47+. The Morgan fingerprint density at radius 3 is 2.15 bits per heavy atom. The van der Waals surface area contributed by atoms with Crippen LogP contribution in [0.5, 0.6) is 0 Å². The summed E-state index contributed by atoms with van der Waals surface area (Å²) in [6.45, 7) is 9.36. The zero-order valence-electron chi connectivity index (χ0n) is 31.1. The number of rotatable bonds is 7. The van der Waals surface area contributed by atoms with E-state index in [0.29, 0.717) is 0 Å². The maximum Gasteiger partial charge on any atom is 0.0617 e. The number of hydrogen-bond donors (Lipinski definition) is 1. The van der Waals surface area contributed by atoms with Crippen LogP contribution in [-0.4, -0.2) is 4.57 Å². The van der Waals surface area contributed by atoms with Crippen molar-refractivity contribution in [3.05, 3.63) is 209 Å². The fourth-order valence-electron chi connectivity index (χ4n) is 8.40. The van der Waals surface area contributed by atoms with E-state index >= 15 is 0 Å². The van der Waals surface area contributed by atoms with E-state index in [0.717, 1.165) is 48.5 Å². The molecule has 1 N–H and O–H groups in total. The molecular formula is C51H45N3. The van der Waals surface area contributed by atoms with Gasteiger partial charge in [-0.25, -0.2) is 0 Å². The number of nitrogens with zero attached hydrogens (tertiary/aromatic N) is 2. The van der Waals surface area contributed by atoms with Gasteiger partial charge in [0.05, 0.1) is 22.4 Å². The molecule has 0 fully saturated rings. The second-order valence-corrected chi connectivity index (χ2v) is 14.5. The monoisotopic (exact) mass is 699 g/mol. The fraction of sp³-hybridized carbons (Fsp3) is 0.137. The predicted octanol–water partition coefficient (Wildman–Crippen LogP) is 13.1. The molecule has 6 aromatic carbocycles. The molecular weight excluding hydrogens is 655 g/mol. The van der Waals surface area contributed by atoms with Crippen LogP contribution in [0.15, 0.2) is 187 Å². The Labute approximate surface area is 318 Å². The van der Waals surface area contributed by atoms with E-state index in [2.05, 4.69) is 192 Å². The van der Waals surface area contributed by atoms with Crippen LogP contribution in [0.2, 0.25) is 0 Å². The van der Waals surface area contributed by atoms with Crippen LogP contribution in [0.4, 0.5) is 5.69 Å². The number of allylic oxidation sites excluding steroid dienone is 5. The van der Waals surface area contributed by atoms with E-state index in [9.17, 15) is 0 Å². The van der Waals surface area contributed by atoms with Gasteiger partial charge in [0.2, 0.25) is 0 Å². The smallest absolute Gasteiger partial charge is 0.0617 e. The van der Waals surface area contributed by atoms with Crippen molar-refractivity contribution in [3.8, 4) is 5.69 Å². The molecule has 0 saturated heterocycles. The lowest BCUT2D eigenvalue weighted by atomic mass is 9.96. The summed E-state index contributed by atoms with van der Waals surface area (Å²) >= 11 is 0. The zero-order chi connectivity index (χ0) is 36.6. The second kappa shape index (κ2) is 14.2. The minimum absolute atomic E-state index is 0.101. The van der Waals surface area contributed by atoms with Crippen LogP contribution in [-0.2, 0) is 6.42 Å². The molecule has 0 spiro atoms. The van der Waals surface area contributed by atoms with Crippen LogP contribution in [0, 0.1) is 0 Å². The normalized spacial score (nSPS) is 15.9. The number of fused-ring (bicyclic) bond motifs is 6. The number of anilines is 1. The van der Waals surface area contributed by atoms with E-state index < -0.39 is 0 Å². The van der Waals surface area contributed by atoms with Crippen molar-refractivity contribution < 1.29 is 0 Å². The van der Waals surface area contributed by atoms with Gasteiger partial charge in [0.25, 0.3) is 0 Å². The lowest BCUT2D eigenvalue weighted by Gasteiger charge is -2.34. The Hall–Kier alpha value is -6.32. The molecule has 9 rings (SSSR count). The summed E-state index contributed by atoms with van der Waals surface area (Å²) in [6, 6.07) is 48.8. The molecule has 1 unspecified atom stereocenters. The maximum atomic E-state index is 4.82. The van der Waals surface area contributed by atoms with Crippen molar-refractivity contribution in [2.75, 3.05) is 4.90 Å². The number of hydrogen-bond acceptors (Lipinski definition) is 2. The van der Waals surface area contributed by atoms with Crippen molar-refractivity contribution in [1.29, 1.82) is 0 Å². The molecule has 3 heteroatoms. The van der Waals surface area contributed by atoms with Crippen molar-refractivity contribution >= 4 is 44.3 Å². The Morgan fingerprint density at radius 2 is 1.39 bits per heavy atom. The third-order valence-corrected chi connectivity index (χ3v) is 11.1. The Bertz CT molecular complexity index is 2670. The average Bonchev–Trinajstić information content (AvgIpc) is 3.55. The van der Waals surface area contributed by atoms with Gasteiger partial charge < -0.3 is 14.8 Å². The quantitative estimate of drug-likeness (QED) is 0.179. The molecule has 2 heterocycles. The molecule has 2 aliphatic rings. The fourth-order valence-corrected chi connectivity index (χ4v) is 8.40. The third-order valence-electron chi connectivity index (χ3n) is 11.1. The predicted molar refractivity (Wildman–Crippen MR) is 230 cm³/mol. The highest BCUT2D eigenvalue weighted by atomic mass is 15.2. The first-order valence-corrected chi connectivity index (χ1v) is 19.3. The van der Waals surface area contributed by atoms with Crippen molar-refractivity contribution in [2.24, 2.45) is 0 Å². The molecule has 1 aromatic heterocycles. The summed E-state index contributed by atoms with van der Waals surface area (Å²) in [5.74, 6) is 0. The van der Waals surface area contributed by atoms with Crippen molar-refractivity contribution in [3.63, 3.8) is 0 Å². The Morgan fingerprint density at radius 1 is 0.704 bits per heavy atom. The number of para-hydroxylation sites is 1. The highest BCUT2D eigenvalue weighted by Crippen LogP contribution is 2.43. The van der Waals surface area contributed by atoms with Gasteiger partial charge in [-0.2, -0.15) is 0 Å². The summed E-state index contributed by atoms with van der Waals surface area (Å²) in [4.78, 5) is 2.45. The average molecular weight is 700 g/mol. The molecule has 0 radical (unpaired) electrons. The van der Waals surface area contributed by atoms with Crippen LogP contribution >= 0.6 is 0 Å². The van der Waals surface area contributed by atoms with E-state index in [1.54, 1.807) is 0 Å². The lowest BCUT2D eigenvalue weighted by molar-refractivity contribution is 0.648. The molecule has 3 nitrogen and oxygen atoms in total. The topological polar surface area (TPSA) is 20.2 Å².